The highest BCUT2D eigenvalue weighted by Crippen LogP contribution is 2.28. The van der Waals surface area contributed by atoms with Crippen LogP contribution in [0.4, 0.5) is 0 Å². The Bertz CT molecular complexity index is 658. The number of sulfonamides is 1. The van der Waals surface area contributed by atoms with Crippen molar-refractivity contribution < 1.29 is 13.2 Å². The second-order valence-electron chi connectivity index (χ2n) is 3.91. The van der Waals surface area contributed by atoms with Crippen LogP contribution in [0, 0.1) is 0 Å². The van der Waals surface area contributed by atoms with Gasteiger partial charge in [0.2, 0.25) is 10.0 Å². The van der Waals surface area contributed by atoms with Gasteiger partial charge < -0.3 is 4.74 Å². The second kappa shape index (κ2) is 6.64. The van der Waals surface area contributed by atoms with Gasteiger partial charge in [0.1, 0.15) is 11.0 Å². The molecule has 0 spiro atoms. The maximum atomic E-state index is 12.1. The Balaban J connectivity index is 2.07. The number of ether oxygens (including phenoxy) is 1. The first-order valence-electron chi connectivity index (χ1n) is 5.70. The maximum absolute atomic E-state index is 12.1. The third-order valence-electron chi connectivity index (χ3n) is 2.60. The summed E-state index contributed by atoms with van der Waals surface area (Å²) >= 11 is 7.22. The van der Waals surface area contributed by atoms with Gasteiger partial charge in [-0.05, 0) is 24.3 Å². The molecule has 2 heterocycles. The fourth-order valence-corrected chi connectivity index (χ4v) is 3.71. The van der Waals surface area contributed by atoms with Crippen molar-refractivity contribution in [1.82, 2.24) is 9.71 Å². The SMILES string of the molecule is COC(CNS(=O)(=O)c1cccnc1)c1ccc(Cl)s1. The molecule has 0 bridgehead atoms. The molecule has 0 saturated carbocycles. The predicted molar refractivity (Wildman–Crippen MR) is 78.5 cm³/mol. The minimum atomic E-state index is -3.59. The molecule has 0 aliphatic rings. The molecule has 8 heteroatoms. The largest absolute Gasteiger partial charge is 0.375 e. The van der Waals surface area contributed by atoms with E-state index in [1.54, 1.807) is 12.1 Å². The lowest BCUT2D eigenvalue weighted by molar-refractivity contribution is 0.110. The summed E-state index contributed by atoms with van der Waals surface area (Å²) in [7, 11) is -2.06. The van der Waals surface area contributed by atoms with E-state index in [1.165, 1.54) is 36.9 Å². The number of nitrogens with zero attached hydrogens (tertiary/aromatic N) is 1. The zero-order chi connectivity index (χ0) is 14.6. The van der Waals surface area contributed by atoms with E-state index >= 15 is 0 Å². The first-order chi connectivity index (χ1) is 9.53. The summed E-state index contributed by atoms with van der Waals surface area (Å²) in [6.45, 7) is 0.130. The molecule has 0 amide bonds. The Hall–Kier alpha value is -0.990. The van der Waals surface area contributed by atoms with Crippen LogP contribution in [0.3, 0.4) is 0 Å². The van der Waals surface area contributed by atoms with Gasteiger partial charge in [-0.25, -0.2) is 13.1 Å². The molecule has 0 aliphatic heterocycles. The van der Waals surface area contributed by atoms with Crippen LogP contribution in [0.1, 0.15) is 11.0 Å². The van der Waals surface area contributed by atoms with E-state index in [0.29, 0.717) is 4.34 Å². The minimum absolute atomic E-state index is 0.124. The van der Waals surface area contributed by atoms with Crippen molar-refractivity contribution in [3.05, 3.63) is 45.9 Å². The molecule has 0 aromatic carbocycles. The molecule has 108 valence electrons. The van der Waals surface area contributed by atoms with Crippen LogP contribution < -0.4 is 4.72 Å². The molecule has 5 nitrogen and oxygen atoms in total. The van der Waals surface area contributed by atoms with Crippen LogP contribution in [0.2, 0.25) is 4.34 Å². The quantitative estimate of drug-likeness (QED) is 0.882. The summed E-state index contributed by atoms with van der Waals surface area (Å²) in [5.41, 5.74) is 0. The highest BCUT2D eigenvalue weighted by atomic mass is 35.5. The van der Waals surface area contributed by atoms with Crippen molar-refractivity contribution in [2.24, 2.45) is 0 Å². The highest BCUT2D eigenvalue weighted by Gasteiger charge is 2.19. The van der Waals surface area contributed by atoms with E-state index in [9.17, 15) is 8.42 Å². The van der Waals surface area contributed by atoms with Gasteiger partial charge in [0.15, 0.2) is 0 Å². The third kappa shape index (κ3) is 3.77. The van der Waals surface area contributed by atoms with E-state index in [-0.39, 0.29) is 17.5 Å². The number of rotatable bonds is 6. The molecule has 2 aromatic heterocycles. The van der Waals surface area contributed by atoms with Gasteiger partial charge in [0.05, 0.1) is 4.34 Å². The van der Waals surface area contributed by atoms with Gasteiger partial charge in [-0.1, -0.05) is 11.6 Å². The van der Waals surface area contributed by atoms with Gasteiger partial charge in [-0.3, -0.25) is 4.98 Å². The number of halogens is 1. The smallest absolute Gasteiger partial charge is 0.242 e. The van der Waals surface area contributed by atoms with Crippen molar-refractivity contribution >= 4 is 33.0 Å². The van der Waals surface area contributed by atoms with Gasteiger partial charge >= 0.3 is 0 Å². The summed E-state index contributed by atoms with van der Waals surface area (Å²) in [4.78, 5) is 4.79. The molecule has 1 atom stereocenters. The molecule has 2 aromatic rings. The number of thiophene rings is 1. The van der Waals surface area contributed by atoms with Crippen molar-refractivity contribution in [2.45, 2.75) is 11.0 Å². The Morgan fingerprint density at radius 1 is 1.45 bits per heavy atom. The average Bonchev–Trinajstić information content (AvgIpc) is 2.87. The Kier molecular flexibility index (Phi) is 5.11. The Morgan fingerprint density at radius 2 is 2.25 bits per heavy atom. The molecule has 0 aliphatic carbocycles. The summed E-state index contributed by atoms with van der Waals surface area (Å²) in [6.07, 6.45) is 2.44. The van der Waals surface area contributed by atoms with Crippen LogP contribution in [-0.4, -0.2) is 27.1 Å². The van der Waals surface area contributed by atoms with Gasteiger partial charge in [-0.15, -0.1) is 11.3 Å². The molecule has 0 radical (unpaired) electrons. The average molecular weight is 333 g/mol. The zero-order valence-corrected chi connectivity index (χ0v) is 13.0. The first-order valence-corrected chi connectivity index (χ1v) is 8.38. The third-order valence-corrected chi connectivity index (χ3v) is 5.33. The van der Waals surface area contributed by atoms with Crippen molar-refractivity contribution in [3.8, 4) is 0 Å². The molecule has 0 saturated heterocycles. The monoisotopic (exact) mass is 332 g/mol. The van der Waals surface area contributed by atoms with Crippen LogP contribution in [0.5, 0.6) is 0 Å². The van der Waals surface area contributed by atoms with Crippen LogP contribution in [0.15, 0.2) is 41.6 Å². The lowest BCUT2D eigenvalue weighted by Gasteiger charge is -2.14. The minimum Gasteiger partial charge on any atom is -0.375 e. The molecular formula is C12H13ClN2O3S2. The molecule has 1 N–H and O–H groups in total. The van der Waals surface area contributed by atoms with E-state index in [2.05, 4.69) is 9.71 Å². The van der Waals surface area contributed by atoms with Crippen LogP contribution in [-0.2, 0) is 14.8 Å². The number of aromatic nitrogens is 1. The maximum Gasteiger partial charge on any atom is 0.242 e. The molecular weight excluding hydrogens is 320 g/mol. The van der Waals surface area contributed by atoms with Crippen LogP contribution in [0.25, 0.3) is 0 Å². The number of nitrogens with one attached hydrogen (secondary N) is 1. The molecule has 2 rings (SSSR count). The lowest BCUT2D eigenvalue weighted by Crippen LogP contribution is -2.29. The summed E-state index contributed by atoms with van der Waals surface area (Å²) in [6, 6.07) is 6.63. The van der Waals surface area contributed by atoms with E-state index in [1.807, 2.05) is 6.07 Å². The number of pyridine rings is 1. The van der Waals surface area contributed by atoms with Crippen molar-refractivity contribution in [3.63, 3.8) is 0 Å². The Labute approximate surface area is 126 Å². The summed E-state index contributed by atoms with van der Waals surface area (Å²) in [5, 5.41) is 0. The fourth-order valence-electron chi connectivity index (χ4n) is 1.58. The summed E-state index contributed by atoms with van der Waals surface area (Å²) in [5.74, 6) is 0. The molecule has 20 heavy (non-hydrogen) atoms. The van der Waals surface area contributed by atoms with Gasteiger partial charge in [0.25, 0.3) is 0 Å². The number of methoxy groups -OCH3 is 1. The number of hydrogen-bond donors (Lipinski definition) is 1. The lowest BCUT2D eigenvalue weighted by atomic mass is 10.3. The first kappa shape index (κ1) is 15.4. The molecule has 1 unspecified atom stereocenters. The van der Waals surface area contributed by atoms with Crippen molar-refractivity contribution in [2.75, 3.05) is 13.7 Å². The number of hydrogen-bond acceptors (Lipinski definition) is 5. The second-order valence-corrected chi connectivity index (χ2v) is 7.42. The van der Waals surface area contributed by atoms with Crippen molar-refractivity contribution in [1.29, 1.82) is 0 Å². The van der Waals surface area contributed by atoms with E-state index < -0.39 is 10.0 Å². The van der Waals surface area contributed by atoms with E-state index in [4.69, 9.17) is 16.3 Å². The fraction of sp³-hybridized carbons (Fsp3) is 0.250. The molecule has 0 fully saturated rings. The highest BCUT2D eigenvalue weighted by molar-refractivity contribution is 7.89. The normalized spacial score (nSPS) is 13.3. The standard InChI is InChI=1S/C12H13ClN2O3S2/c1-18-10(11-4-5-12(13)19-11)8-15-20(16,17)9-3-2-6-14-7-9/h2-7,10,15H,8H2,1H3. The summed E-state index contributed by atoms with van der Waals surface area (Å²) < 4.78 is 32.6. The van der Waals surface area contributed by atoms with E-state index in [0.717, 1.165) is 4.88 Å². The van der Waals surface area contributed by atoms with Crippen LogP contribution >= 0.6 is 22.9 Å². The van der Waals surface area contributed by atoms with Gasteiger partial charge in [0, 0.05) is 30.9 Å². The topological polar surface area (TPSA) is 68.3 Å². The van der Waals surface area contributed by atoms with Gasteiger partial charge in [-0.2, -0.15) is 0 Å². The zero-order valence-electron chi connectivity index (χ0n) is 10.6. The predicted octanol–water partition coefficient (Wildman–Crippen LogP) is 2.46. The Morgan fingerprint density at radius 3 is 2.80 bits per heavy atom.